The summed E-state index contributed by atoms with van der Waals surface area (Å²) in [5.41, 5.74) is 5.36. The Hall–Kier alpha value is -4.15. The van der Waals surface area contributed by atoms with Crippen LogP contribution < -0.4 is 10.1 Å². The van der Waals surface area contributed by atoms with Gasteiger partial charge in [0.15, 0.2) is 5.82 Å². The van der Waals surface area contributed by atoms with Crippen LogP contribution in [0, 0.1) is 34.6 Å². The third-order valence-corrected chi connectivity index (χ3v) is 5.25. The molecule has 0 aliphatic rings. The van der Waals surface area contributed by atoms with E-state index in [-0.39, 0.29) is 12.3 Å². The van der Waals surface area contributed by atoms with E-state index in [1.165, 1.54) is 0 Å². The summed E-state index contributed by atoms with van der Waals surface area (Å²) >= 11 is 0. The van der Waals surface area contributed by atoms with Gasteiger partial charge in [0.25, 0.3) is 5.95 Å². The first-order valence-electron chi connectivity index (χ1n) is 10.4. The lowest BCUT2D eigenvalue weighted by atomic mass is 10.1. The second kappa shape index (κ2) is 8.77. The van der Waals surface area contributed by atoms with Crippen molar-refractivity contribution in [3.8, 4) is 17.4 Å². The average Bonchev–Trinajstić information content (AvgIpc) is 3.31. The Labute approximate surface area is 190 Å². The molecular weight excluding hydrogens is 422 g/mol. The number of anilines is 1. The van der Waals surface area contributed by atoms with E-state index < -0.39 is 0 Å². The molecule has 4 rings (SSSR count). The van der Waals surface area contributed by atoms with Crippen molar-refractivity contribution in [3.05, 3.63) is 58.4 Å². The number of carbonyl (C=O) groups excluding carboxylic acids is 1. The van der Waals surface area contributed by atoms with Gasteiger partial charge in [0, 0.05) is 28.3 Å². The lowest BCUT2D eigenvalue weighted by molar-refractivity contribution is -0.115. The Morgan fingerprint density at radius 2 is 1.76 bits per heavy atom. The van der Waals surface area contributed by atoms with Crippen molar-refractivity contribution in [2.75, 3.05) is 12.4 Å². The van der Waals surface area contributed by atoms with Crippen LogP contribution in [0.5, 0.6) is 5.75 Å². The first-order chi connectivity index (χ1) is 15.8. The third-order valence-electron chi connectivity index (χ3n) is 5.25. The van der Waals surface area contributed by atoms with E-state index in [2.05, 4.69) is 35.9 Å². The summed E-state index contributed by atoms with van der Waals surface area (Å²) in [6, 6.07) is 7.21. The van der Waals surface area contributed by atoms with Crippen molar-refractivity contribution < 1.29 is 9.53 Å². The van der Waals surface area contributed by atoms with Crippen LogP contribution in [0.3, 0.4) is 0 Å². The summed E-state index contributed by atoms with van der Waals surface area (Å²) in [5, 5.41) is 19.1. The Morgan fingerprint density at radius 1 is 1.03 bits per heavy atom. The van der Waals surface area contributed by atoms with Crippen molar-refractivity contribution in [1.29, 1.82) is 0 Å². The molecule has 170 valence electrons. The minimum Gasteiger partial charge on any atom is -0.494 e. The molecule has 1 N–H and O–H groups in total. The molecule has 11 heteroatoms. The number of aromatic nitrogens is 8. The largest absolute Gasteiger partial charge is 0.494 e. The number of methoxy groups -OCH3 is 1. The molecule has 0 bridgehead atoms. The SMILES string of the molecule is COc1ccc(NC(=O)Cc2c(C)nn(-c3nc(C)cc(C)n3)c2C)cc1-n1nnnc1C. The second-order valence-electron chi connectivity index (χ2n) is 7.76. The molecule has 1 aromatic carbocycles. The summed E-state index contributed by atoms with van der Waals surface area (Å²) < 4.78 is 8.66. The van der Waals surface area contributed by atoms with Gasteiger partial charge in [-0.1, -0.05) is 0 Å². The third kappa shape index (κ3) is 4.43. The number of aryl methyl sites for hydroxylation is 4. The van der Waals surface area contributed by atoms with E-state index in [4.69, 9.17) is 4.74 Å². The molecule has 33 heavy (non-hydrogen) atoms. The van der Waals surface area contributed by atoms with Crippen LogP contribution in [0.2, 0.25) is 0 Å². The highest BCUT2D eigenvalue weighted by Crippen LogP contribution is 2.27. The number of benzene rings is 1. The van der Waals surface area contributed by atoms with Gasteiger partial charge in [0.05, 0.1) is 19.2 Å². The van der Waals surface area contributed by atoms with Crippen LogP contribution in [0.25, 0.3) is 11.6 Å². The second-order valence-corrected chi connectivity index (χ2v) is 7.76. The molecule has 3 aromatic heterocycles. The van der Waals surface area contributed by atoms with Crippen molar-refractivity contribution >= 4 is 11.6 Å². The first-order valence-corrected chi connectivity index (χ1v) is 10.4. The average molecular weight is 448 g/mol. The van der Waals surface area contributed by atoms with Crippen molar-refractivity contribution in [2.45, 2.75) is 41.0 Å². The van der Waals surface area contributed by atoms with E-state index in [0.29, 0.717) is 28.9 Å². The van der Waals surface area contributed by atoms with Crippen LogP contribution >= 0.6 is 0 Å². The molecule has 0 fully saturated rings. The minimum absolute atomic E-state index is 0.160. The maximum Gasteiger partial charge on any atom is 0.251 e. The van der Waals surface area contributed by atoms with Gasteiger partial charge in [-0.25, -0.2) is 14.6 Å². The van der Waals surface area contributed by atoms with Gasteiger partial charge in [-0.05, 0) is 69.3 Å². The summed E-state index contributed by atoms with van der Waals surface area (Å²) in [4.78, 5) is 21.9. The fourth-order valence-corrected chi connectivity index (χ4v) is 3.68. The molecule has 11 nitrogen and oxygen atoms in total. The van der Waals surface area contributed by atoms with Gasteiger partial charge in [-0.3, -0.25) is 4.79 Å². The Bertz CT molecular complexity index is 1320. The fourth-order valence-electron chi connectivity index (χ4n) is 3.68. The quantitative estimate of drug-likeness (QED) is 0.477. The molecule has 1 amide bonds. The number of carbonyl (C=O) groups is 1. The molecule has 0 saturated heterocycles. The summed E-state index contributed by atoms with van der Waals surface area (Å²) in [5.74, 6) is 1.51. The number of tetrazole rings is 1. The first kappa shape index (κ1) is 22.1. The number of hydrogen-bond acceptors (Lipinski definition) is 8. The topological polar surface area (TPSA) is 126 Å². The maximum atomic E-state index is 12.9. The van der Waals surface area contributed by atoms with E-state index in [0.717, 1.165) is 28.3 Å². The molecule has 0 atom stereocenters. The number of amides is 1. The Morgan fingerprint density at radius 3 is 2.39 bits per heavy atom. The monoisotopic (exact) mass is 447 g/mol. The molecule has 0 saturated carbocycles. The van der Waals surface area contributed by atoms with Crippen molar-refractivity contribution in [1.82, 2.24) is 40.0 Å². The number of nitrogens with zero attached hydrogens (tertiary/aromatic N) is 8. The van der Waals surface area contributed by atoms with Crippen molar-refractivity contribution in [2.24, 2.45) is 0 Å². The van der Waals surface area contributed by atoms with Crippen LogP contribution in [0.4, 0.5) is 5.69 Å². The summed E-state index contributed by atoms with van der Waals surface area (Å²) in [6.07, 6.45) is 0.160. The number of ether oxygens (including phenoxy) is 1. The zero-order valence-electron chi connectivity index (χ0n) is 19.4. The van der Waals surface area contributed by atoms with E-state index in [1.807, 2.05) is 33.8 Å². The predicted octanol–water partition coefficient (Wildman–Crippen LogP) is 2.37. The zero-order chi connectivity index (χ0) is 23.7. The zero-order valence-corrected chi connectivity index (χ0v) is 19.4. The van der Waals surface area contributed by atoms with Crippen LogP contribution in [-0.4, -0.2) is 53.0 Å². The standard InChI is InChI=1S/C22H25N9O2/c1-12-9-13(2)24-22(23-12)30-15(4)18(14(3)27-30)11-21(32)25-17-7-8-20(33-6)19(10-17)31-16(5)26-28-29-31/h7-10H,11H2,1-6H3,(H,25,32). The number of nitrogens with one attached hydrogen (secondary N) is 1. The molecule has 0 aliphatic carbocycles. The maximum absolute atomic E-state index is 12.9. The van der Waals surface area contributed by atoms with Gasteiger partial charge in [0.2, 0.25) is 5.91 Å². The lowest BCUT2D eigenvalue weighted by Gasteiger charge is -2.12. The van der Waals surface area contributed by atoms with Gasteiger partial charge in [-0.15, -0.1) is 5.10 Å². The molecular formula is C22H25N9O2. The van der Waals surface area contributed by atoms with E-state index in [1.54, 1.807) is 41.6 Å². The highest BCUT2D eigenvalue weighted by molar-refractivity contribution is 5.93. The fraction of sp³-hybridized carbons (Fsp3) is 0.318. The summed E-state index contributed by atoms with van der Waals surface area (Å²) in [7, 11) is 1.57. The molecule has 3 heterocycles. The molecule has 0 spiro atoms. The van der Waals surface area contributed by atoms with Gasteiger partial charge in [0.1, 0.15) is 11.4 Å². The summed E-state index contributed by atoms with van der Waals surface area (Å²) in [6.45, 7) is 9.40. The van der Waals surface area contributed by atoms with Crippen LogP contribution in [0.15, 0.2) is 24.3 Å². The lowest BCUT2D eigenvalue weighted by Crippen LogP contribution is -2.16. The number of rotatable bonds is 6. The number of hydrogen-bond donors (Lipinski definition) is 1. The highest BCUT2D eigenvalue weighted by atomic mass is 16.5. The van der Waals surface area contributed by atoms with Crippen LogP contribution in [-0.2, 0) is 11.2 Å². The Balaban J connectivity index is 1.58. The smallest absolute Gasteiger partial charge is 0.251 e. The Kier molecular flexibility index (Phi) is 5.86. The normalized spacial score (nSPS) is 11.0. The highest BCUT2D eigenvalue weighted by Gasteiger charge is 2.18. The molecule has 0 aliphatic heterocycles. The van der Waals surface area contributed by atoms with E-state index in [9.17, 15) is 4.79 Å². The molecule has 0 unspecified atom stereocenters. The predicted molar refractivity (Wildman–Crippen MR) is 121 cm³/mol. The molecule has 0 radical (unpaired) electrons. The minimum atomic E-state index is -0.174. The van der Waals surface area contributed by atoms with Gasteiger partial charge >= 0.3 is 0 Å². The van der Waals surface area contributed by atoms with Gasteiger partial charge in [-0.2, -0.15) is 9.78 Å². The van der Waals surface area contributed by atoms with Crippen molar-refractivity contribution in [3.63, 3.8) is 0 Å². The molecule has 4 aromatic rings. The van der Waals surface area contributed by atoms with E-state index >= 15 is 0 Å². The van der Waals surface area contributed by atoms with Crippen LogP contribution in [0.1, 0.15) is 34.2 Å². The van der Waals surface area contributed by atoms with Gasteiger partial charge < -0.3 is 10.1 Å².